The molecule has 0 bridgehead atoms. The zero-order valence-electron chi connectivity index (χ0n) is 11.5. The number of anilines is 1. The molecule has 1 unspecified atom stereocenters. The van der Waals surface area contributed by atoms with E-state index in [0.717, 1.165) is 6.26 Å². The number of hydrogen-bond donors (Lipinski definition) is 1. The largest absolute Gasteiger partial charge is 0.496 e. The van der Waals surface area contributed by atoms with Gasteiger partial charge in [0.25, 0.3) is 0 Å². The molecule has 1 atom stereocenters. The summed E-state index contributed by atoms with van der Waals surface area (Å²) in [4.78, 5) is 0. The zero-order valence-corrected chi connectivity index (χ0v) is 12.3. The van der Waals surface area contributed by atoms with E-state index in [-0.39, 0.29) is 11.6 Å². The van der Waals surface area contributed by atoms with Gasteiger partial charge in [-0.3, -0.25) is 0 Å². The third-order valence-electron chi connectivity index (χ3n) is 3.15. The minimum Gasteiger partial charge on any atom is -0.496 e. The fourth-order valence-corrected chi connectivity index (χ4v) is 2.48. The Hall–Kier alpha value is -2.02. The first-order valence-electron chi connectivity index (χ1n) is 5.93. The summed E-state index contributed by atoms with van der Waals surface area (Å²) >= 11 is 0. The molecule has 1 aromatic heterocycles. The molecule has 6 nitrogen and oxygen atoms in total. The Kier molecular flexibility index (Phi) is 3.71. The van der Waals surface area contributed by atoms with Crippen LogP contribution in [0.2, 0.25) is 0 Å². The van der Waals surface area contributed by atoms with E-state index < -0.39 is 15.1 Å². The van der Waals surface area contributed by atoms with Crippen molar-refractivity contribution in [3.8, 4) is 16.9 Å². The van der Waals surface area contributed by atoms with Gasteiger partial charge in [-0.1, -0.05) is 23.4 Å². The standard InChI is InChI=1S/C13H16N2O4S/c1-8(20(3,16)17)12-11(13(14)19-15-12)9-6-4-5-7-10(9)18-2/h4-8H,14H2,1-3H3. The second kappa shape index (κ2) is 5.16. The van der Waals surface area contributed by atoms with E-state index >= 15 is 0 Å². The van der Waals surface area contributed by atoms with Gasteiger partial charge in [-0.2, -0.15) is 0 Å². The molecule has 7 heteroatoms. The monoisotopic (exact) mass is 296 g/mol. The van der Waals surface area contributed by atoms with Crippen molar-refractivity contribution in [1.82, 2.24) is 5.16 Å². The van der Waals surface area contributed by atoms with Gasteiger partial charge in [0.1, 0.15) is 16.7 Å². The van der Waals surface area contributed by atoms with E-state index in [4.69, 9.17) is 15.0 Å². The number of nitrogens with zero attached hydrogens (tertiary/aromatic N) is 1. The fraction of sp³-hybridized carbons (Fsp3) is 0.308. The average Bonchev–Trinajstić information content (AvgIpc) is 2.78. The van der Waals surface area contributed by atoms with Crippen molar-refractivity contribution < 1.29 is 17.7 Å². The first-order chi connectivity index (χ1) is 9.36. The van der Waals surface area contributed by atoms with Gasteiger partial charge in [0.05, 0.1) is 12.7 Å². The van der Waals surface area contributed by atoms with Crippen LogP contribution in [0.15, 0.2) is 28.8 Å². The number of nitrogens with two attached hydrogens (primary N) is 1. The number of rotatable bonds is 4. The Balaban J connectivity index is 2.67. The summed E-state index contributed by atoms with van der Waals surface area (Å²) in [6.45, 7) is 1.55. The molecule has 1 heterocycles. The number of aromatic nitrogens is 1. The summed E-state index contributed by atoms with van der Waals surface area (Å²) in [6, 6.07) is 7.15. The van der Waals surface area contributed by atoms with Crippen LogP contribution in [0.1, 0.15) is 17.9 Å². The summed E-state index contributed by atoms with van der Waals surface area (Å²) in [5.41, 5.74) is 7.20. The molecule has 0 fully saturated rings. The van der Waals surface area contributed by atoms with Gasteiger partial charge < -0.3 is 15.0 Å². The first kappa shape index (κ1) is 14.4. The van der Waals surface area contributed by atoms with Crippen LogP contribution in [0, 0.1) is 0 Å². The quantitative estimate of drug-likeness (QED) is 0.927. The Morgan fingerprint density at radius 1 is 1.35 bits per heavy atom. The summed E-state index contributed by atoms with van der Waals surface area (Å²) in [7, 11) is -1.78. The van der Waals surface area contributed by atoms with Gasteiger partial charge in [0.2, 0.25) is 5.88 Å². The van der Waals surface area contributed by atoms with Crippen molar-refractivity contribution in [1.29, 1.82) is 0 Å². The van der Waals surface area contributed by atoms with E-state index in [1.54, 1.807) is 25.1 Å². The topological polar surface area (TPSA) is 95.4 Å². The minimum atomic E-state index is -3.31. The fourth-order valence-electron chi connectivity index (χ4n) is 1.92. The molecule has 0 aliphatic carbocycles. The summed E-state index contributed by atoms with van der Waals surface area (Å²) < 4.78 is 33.7. The number of benzene rings is 1. The van der Waals surface area contributed by atoms with Crippen LogP contribution in [0.5, 0.6) is 5.75 Å². The van der Waals surface area contributed by atoms with E-state index in [1.807, 2.05) is 6.07 Å². The highest BCUT2D eigenvalue weighted by atomic mass is 32.2. The van der Waals surface area contributed by atoms with Crippen LogP contribution in [0.4, 0.5) is 5.88 Å². The Morgan fingerprint density at radius 2 is 2.00 bits per heavy atom. The van der Waals surface area contributed by atoms with Crippen molar-refractivity contribution in [2.45, 2.75) is 12.2 Å². The van der Waals surface area contributed by atoms with Gasteiger partial charge >= 0.3 is 0 Å². The maximum absolute atomic E-state index is 11.7. The van der Waals surface area contributed by atoms with Crippen LogP contribution < -0.4 is 10.5 Å². The summed E-state index contributed by atoms with van der Waals surface area (Å²) in [6.07, 6.45) is 1.15. The lowest BCUT2D eigenvalue weighted by atomic mass is 10.0. The molecular formula is C13H16N2O4S. The lowest BCUT2D eigenvalue weighted by Crippen LogP contribution is -2.09. The van der Waals surface area contributed by atoms with Crippen LogP contribution in [-0.2, 0) is 9.84 Å². The molecule has 0 aliphatic rings. The molecule has 2 rings (SSSR count). The SMILES string of the molecule is COc1ccccc1-c1c(C(C)S(C)(=O)=O)noc1N. The lowest BCUT2D eigenvalue weighted by molar-refractivity contribution is 0.416. The van der Waals surface area contributed by atoms with Crippen molar-refractivity contribution >= 4 is 15.7 Å². The molecule has 0 saturated carbocycles. The predicted molar refractivity (Wildman–Crippen MR) is 76.2 cm³/mol. The van der Waals surface area contributed by atoms with Crippen LogP contribution in [0.25, 0.3) is 11.1 Å². The smallest absolute Gasteiger partial charge is 0.230 e. The zero-order chi connectivity index (χ0) is 14.9. The van der Waals surface area contributed by atoms with Gasteiger partial charge in [-0.15, -0.1) is 0 Å². The molecule has 1 aromatic carbocycles. The molecule has 108 valence electrons. The van der Waals surface area contributed by atoms with Gasteiger partial charge in [0, 0.05) is 11.8 Å². The first-order valence-corrected chi connectivity index (χ1v) is 7.89. The minimum absolute atomic E-state index is 0.0694. The molecule has 0 aliphatic heterocycles. The van der Waals surface area contributed by atoms with Crippen LogP contribution in [0.3, 0.4) is 0 Å². The second-order valence-electron chi connectivity index (χ2n) is 4.48. The molecule has 2 aromatic rings. The Bertz CT molecular complexity index is 722. The number of para-hydroxylation sites is 1. The number of methoxy groups -OCH3 is 1. The van der Waals surface area contributed by atoms with Crippen LogP contribution in [-0.4, -0.2) is 26.9 Å². The number of sulfone groups is 1. The van der Waals surface area contributed by atoms with Crippen molar-refractivity contribution in [2.24, 2.45) is 0 Å². The molecule has 0 radical (unpaired) electrons. The van der Waals surface area contributed by atoms with Crippen molar-refractivity contribution in [3.05, 3.63) is 30.0 Å². The third kappa shape index (κ3) is 2.49. The highest BCUT2D eigenvalue weighted by Crippen LogP contribution is 2.39. The Morgan fingerprint density at radius 3 is 2.60 bits per heavy atom. The lowest BCUT2D eigenvalue weighted by Gasteiger charge is -2.11. The number of nitrogen functional groups attached to an aromatic ring is 1. The van der Waals surface area contributed by atoms with Gasteiger partial charge in [0.15, 0.2) is 9.84 Å². The van der Waals surface area contributed by atoms with E-state index in [9.17, 15) is 8.42 Å². The maximum Gasteiger partial charge on any atom is 0.230 e. The maximum atomic E-state index is 11.7. The highest BCUT2D eigenvalue weighted by Gasteiger charge is 2.28. The molecular weight excluding hydrogens is 280 g/mol. The Labute approximate surface area is 117 Å². The van der Waals surface area contributed by atoms with Crippen molar-refractivity contribution in [3.63, 3.8) is 0 Å². The third-order valence-corrected chi connectivity index (χ3v) is 4.66. The average molecular weight is 296 g/mol. The van der Waals surface area contributed by atoms with E-state index in [2.05, 4.69) is 5.16 Å². The van der Waals surface area contributed by atoms with Crippen molar-refractivity contribution in [2.75, 3.05) is 19.1 Å². The second-order valence-corrected chi connectivity index (χ2v) is 6.85. The molecule has 0 spiro atoms. The summed E-state index contributed by atoms with van der Waals surface area (Å²) in [5, 5.41) is 2.98. The number of hydrogen-bond acceptors (Lipinski definition) is 6. The molecule has 20 heavy (non-hydrogen) atoms. The van der Waals surface area contributed by atoms with Crippen LogP contribution >= 0.6 is 0 Å². The predicted octanol–water partition coefficient (Wildman–Crippen LogP) is 2.04. The highest BCUT2D eigenvalue weighted by molar-refractivity contribution is 7.90. The summed E-state index contributed by atoms with van der Waals surface area (Å²) in [5.74, 6) is 0.643. The normalized spacial score (nSPS) is 13.2. The van der Waals surface area contributed by atoms with Gasteiger partial charge in [-0.05, 0) is 13.0 Å². The van der Waals surface area contributed by atoms with E-state index in [1.165, 1.54) is 7.11 Å². The van der Waals surface area contributed by atoms with Gasteiger partial charge in [-0.25, -0.2) is 8.42 Å². The molecule has 0 saturated heterocycles. The number of ether oxygens (including phenoxy) is 1. The van der Waals surface area contributed by atoms with E-state index in [0.29, 0.717) is 16.9 Å². The molecule has 2 N–H and O–H groups in total. The molecule has 0 amide bonds.